The molecule has 1 N–H and O–H groups in total. The van der Waals surface area contributed by atoms with Crippen LogP contribution >= 0.6 is 0 Å². The second kappa shape index (κ2) is 4.76. The molecule has 0 unspecified atom stereocenters. The van der Waals surface area contributed by atoms with E-state index in [9.17, 15) is 14.7 Å². The summed E-state index contributed by atoms with van der Waals surface area (Å²) >= 11 is 0. The average Bonchev–Trinajstić information content (AvgIpc) is 2.91. The maximum atomic E-state index is 12.8. The van der Waals surface area contributed by atoms with Gasteiger partial charge in [-0.25, -0.2) is 0 Å². The van der Waals surface area contributed by atoms with Crippen molar-refractivity contribution in [3.05, 3.63) is 12.2 Å². The highest BCUT2D eigenvalue weighted by Crippen LogP contribution is 2.75. The fourth-order valence-electron chi connectivity index (χ4n) is 8.16. The Kier molecular flexibility index (Phi) is 3.06. The Labute approximate surface area is 149 Å². The predicted octanol–water partition coefficient (Wildman–Crippen LogP) is 3.09. The van der Waals surface area contributed by atoms with Gasteiger partial charge in [-0.3, -0.25) is 9.59 Å². The Morgan fingerprint density at radius 1 is 1.20 bits per heavy atom. The first-order valence-corrected chi connectivity index (χ1v) is 9.93. The third kappa shape index (κ3) is 1.64. The van der Waals surface area contributed by atoms with E-state index in [-0.39, 0.29) is 52.5 Å². The molecule has 0 aromatic heterocycles. The fourth-order valence-corrected chi connectivity index (χ4v) is 8.16. The van der Waals surface area contributed by atoms with Gasteiger partial charge in [0.1, 0.15) is 0 Å². The molecule has 25 heavy (non-hydrogen) atoms. The molecule has 0 aromatic carbocycles. The zero-order valence-electron chi connectivity index (χ0n) is 15.2. The van der Waals surface area contributed by atoms with Crippen LogP contribution in [0.5, 0.6) is 0 Å². The van der Waals surface area contributed by atoms with Crippen LogP contribution in [0.4, 0.5) is 0 Å². The minimum atomic E-state index is -0.303. The van der Waals surface area contributed by atoms with Gasteiger partial charge < -0.3 is 9.84 Å². The molecule has 5 aliphatic carbocycles. The predicted molar refractivity (Wildman–Crippen MR) is 91.1 cm³/mol. The number of aliphatic hydroxyl groups excluding tert-OH is 1. The van der Waals surface area contributed by atoms with Gasteiger partial charge in [0.15, 0.2) is 0 Å². The number of carbonyl (C=O) groups is 2. The number of cyclic esters (lactones) is 2. The summed E-state index contributed by atoms with van der Waals surface area (Å²) in [6.07, 6.45) is 11.0. The van der Waals surface area contributed by atoms with Crippen molar-refractivity contribution < 1.29 is 19.4 Å². The van der Waals surface area contributed by atoms with Crippen LogP contribution in [0.25, 0.3) is 0 Å². The summed E-state index contributed by atoms with van der Waals surface area (Å²) in [5.41, 5.74) is -0.410. The summed E-state index contributed by atoms with van der Waals surface area (Å²) in [5.74, 6) is -0.137. The van der Waals surface area contributed by atoms with Crippen LogP contribution in [0, 0.1) is 45.8 Å². The SMILES string of the molecule is C[C@@]1(CO)CCC[C@@]2(C)[C@@H]1CC[C@H]1C[C@@H]3C=C[C@]12[C@H]1C(=O)OC(=O)[C@H]31. The number of carbonyl (C=O) groups excluding carboxylic acids is 2. The second-order valence-corrected chi connectivity index (χ2v) is 9.85. The first-order valence-electron chi connectivity index (χ1n) is 9.93. The maximum absolute atomic E-state index is 12.8. The van der Waals surface area contributed by atoms with Crippen molar-refractivity contribution in [2.24, 2.45) is 45.8 Å². The van der Waals surface area contributed by atoms with Crippen molar-refractivity contribution in [2.45, 2.75) is 52.4 Å². The van der Waals surface area contributed by atoms with Crippen LogP contribution in [-0.4, -0.2) is 23.7 Å². The van der Waals surface area contributed by atoms with E-state index in [4.69, 9.17) is 4.74 Å². The lowest BCUT2D eigenvalue weighted by molar-refractivity contribution is -0.204. The molecule has 0 aromatic rings. The molecule has 4 fully saturated rings. The Morgan fingerprint density at radius 2 is 2.00 bits per heavy atom. The quantitative estimate of drug-likeness (QED) is 0.451. The molecule has 1 spiro atoms. The lowest BCUT2D eigenvalue weighted by Gasteiger charge is -2.69. The monoisotopic (exact) mass is 344 g/mol. The van der Waals surface area contributed by atoms with Crippen LogP contribution in [-0.2, 0) is 14.3 Å². The van der Waals surface area contributed by atoms with Crippen molar-refractivity contribution >= 4 is 11.9 Å². The molecular weight excluding hydrogens is 316 g/mol. The van der Waals surface area contributed by atoms with Gasteiger partial charge in [0, 0.05) is 12.0 Å². The van der Waals surface area contributed by atoms with Gasteiger partial charge in [-0.05, 0) is 60.7 Å². The number of allylic oxidation sites excluding steroid dienone is 2. The Hall–Kier alpha value is -1.16. The van der Waals surface area contributed by atoms with Gasteiger partial charge in [0.25, 0.3) is 0 Å². The lowest BCUT2D eigenvalue weighted by Crippen LogP contribution is -2.66. The second-order valence-electron chi connectivity index (χ2n) is 9.85. The van der Waals surface area contributed by atoms with Crippen molar-refractivity contribution in [3.8, 4) is 0 Å². The molecule has 4 heteroatoms. The zero-order chi connectivity index (χ0) is 17.6. The Morgan fingerprint density at radius 3 is 2.76 bits per heavy atom. The summed E-state index contributed by atoms with van der Waals surface area (Å²) in [7, 11) is 0. The molecule has 0 amide bonds. The van der Waals surface area contributed by atoms with Crippen LogP contribution in [0.15, 0.2) is 12.2 Å². The lowest BCUT2D eigenvalue weighted by atomic mass is 9.33. The van der Waals surface area contributed by atoms with Gasteiger partial charge in [0.2, 0.25) is 0 Å². The molecule has 0 radical (unpaired) electrons. The highest BCUT2D eigenvalue weighted by molar-refractivity contribution is 5.98. The number of hydrogen-bond acceptors (Lipinski definition) is 4. The zero-order valence-corrected chi connectivity index (χ0v) is 15.2. The standard InChI is InChI=1S/C21H28O4/c1-19(11-22)7-3-8-20(2)14(19)5-4-13-10-12-6-9-21(13,20)16-15(12)17(23)25-18(16)24/h6,9,12-16,22H,3-5,7-8,10-11H2,1-2H3/t12-,13-,14+,15+,16+,19-,20-,21+/m0/s1. The van der Waals surface area contributed by atoms with Crippen molar-refractivity contribution in [1.29, 1.82) is 0 Å². The molecule has 2 bridgehead atoms. The van der Waals surface area contributed by atoms with Gasteiger partial charge in [-0.2, -0.15) is 0 Å². The van der Waals surface area contributed by atoms with Crippen LogP contribution in [0.2, 0.25) is 0 Å². The maximum Gasteiger partial charge on any atom is 0.318 e. The molecule has 6 rings (SSSR count). The van der Waals surface area contributed by atoms with E-state index in [0.29, 0.717) is 11.8 Å². The normalized spacial score (nSPS) is 56.2. The molecule has 1 heterocycles. The first-order chi connectivity index (χ1) is 11.9. The largest absolute Gasteiger partial charge is 0.396 e. The molecule has 1 aliphatic heterocycles. The number of aliphatic hydroxyl groups is 1. The highest BCUT2D eigenvalue weighted by Gasteiger charge is 2.73. The number of rotatable bonds is 1. The van der Waals surface area contributed by atoms with Crippen LogP contribution in [0.3, 0.4) is 0 Å². The highest BCUT2D eigenvalue weighted by atomic mass is 16.6. The van der Waals surface area contributed by atoms with Crippen LogP contribution in [0.1, 0.15) is 52.4 Å². The number of fused-ring (bicyclic) bond motifs is 1. The minimum Gasteiger partial charge on any atom is -0.396 e. The molecule has 1 saturated heterocycles. The topological polar surface area (TPSA) is 63.6 Å². The first kappa shape index (κ1) is 16.0. The number of hydrogen-bond donors (Lipinski definition) is 1. The minimum absolute atomic E-state index is 0.0555. The molecule has 6 aliphatic rings. The molecule has 3 saturated carbocycles. The summed E-state index contributed by atoms with van der Waals surface area (Å²) < 4.78 is 5.17. The molecule has 8 atom stereocenters. The summed E-state index contributed by atoms with van der Waals surface area (Å²) in [4.78, 5) is 25.2. The summed E-state index contributed by atoms with van der Waals surface area (Å²) in [5, 5.41) is 10.2. The van der Waals surface area contributed by atoms with E-state index >= 15 is 0 Å². The Balaban J connectivity index is 1.71. The van der Waals surface area contributed by atoms with Crippen molar-refractivity contribution in [1.82, 2.24) is 0 Å². The average molecular weight is 344 g/mol. The fraction of sp³-hybridized carbons (Fsp3) is 0.810. The van der Waals surface area contributed by atoms with E-state index < -0.39 is 0 Å². The number of esters is 2. The van der Waals surface area contributed by atoms with E-state index in [1.807, 2.05) is 0 Å². The van der Waals surface area contributed by atoms with E-state index in [2.05, 4.69) is 26.0 Å². The van der Waals surface area contributed by atoms with E-state index in [1.54, 1.807) is 0 Å². The van der Waals surface area contributed by atoms with E-state index in [1.165, 1.54) is 0 Å². The smallest absolute Gasteiger partial charge is 0.318 e. The van der Waals surface area contributed by atoms with Gasteiger partial charge in [0.05, 0.1) is 11.8 Å². The van der Waals surface area contributed by atoms with E-state index in [0.717, 1.165) is 38.5 Å². The third-order valence-corrected chi connectivity index (χ3v) is 9.12. The van der Waals surface area contributed by atoms with Crippen molar-refractivity contribution in [3.63, 3.8) is 0 Å². The third-order valence-electron chi connectivity index (χ3n) is 9.12. The van der Waals surface area contributed by atoms with Gasteiger partial charge in [-0.15, -0.1) is 0 Å². The molecular formula is C21H28O4. The molecule has 136 valence electrons. The number of ether oxygens (including phenoxy) is 1. The summed E-state index contributed by atoms with van der Waals surface area (Å²) in [6.45, 7) is 4.78. The Bertz CT molecular complexity index is 683. The van der Waals surface area contributed by atoms with Crippen LogP contribution < -0.4 is 0 Å². The van der Waals surface area contributed by atoms with Gasteiger partial charge >= 0.3 is 11.9 Å². The van der Waals surface area contributed by atoms with Crippen molar-refractivity contribution in [2.75, 3.05) is 6.61 Å². The van der Waals surface area contributed by atoms with Gasteiger partial charge in [-0.1, -0.05) is 32.4 Å². The molecule has 4 nitrogen and oxygen atoms in total. The summed E-state index contributed by atoms with van der Waals surface area (Å²) in [6, 6.07) is 0.